The second-order valence-electron chi connectivity index (χ2n) is 6.04. The fraction of sp³-hybridized carbons (Fsp3) is 0.263. The molecule has 0 aliphatic rings. The topological polar surface area (TPSA) is 62.6 Å². The molecule has 1 atom stereocenters. The highest BCUT2D eigenvalue weighted by Crippen LogP contribution is 2.15. The number of carbonyl (C=O) groups is 2. The van der Waals surface area contributed by atoms with Crippen molar-refractivity contribution in [1.82, 2.24) is 0 Å². The normalized spacial score (nSPS) is 11.7. The van der Waals surface area contributed by atoms with E-state index < -0.39 is 17.5 Å². The summed E-state index contributed by atoms with van der Waals surface area (Å²) in [6.45, 7) is 2.05. The summed E-state index contributed by atoms with van der Waals surface area (Å²) >= 11 is 0. The van der Waals surface area contributed by atoms with Crippen LogP contribution in [0.15, 0.2) is 42.5 Å². The molecule has 0 radical (unpaired) electrons. The lowest BCUT2D eigenvalue weighted by atomic mass is 10.1. The molecule has 3 N–H and O–H groups in total. The van der Waals surface area contributed by atoms with Crippen LogP contribution in [0.1, 0.15) is 12.5 Å². The average molecular weight is 362 g/mol. The Morgan fingerprint density at radius 3 is 2.19 bits per heavy atom. The zero-order valence-electron chi connectivity index (χ0n) is 14.7. The number of amides is 2. The van der Waals surface area contributed by atoms with Crippen molar-refractivity contribution in [2.75, 3.05) is 30.8 Å². The summed E-state index contributed by atoms with van der Waals surface area (Å²) in [5.41, 5.74) is 1.69. The molecule has 5 nitrogen and oxygen atoms in total. The van der Waals surface area contributed by atoms with E-state index in [1.807, 2.05) is 31.2 Å². The van der Waals surface area contributed by atoms with Gasteiger partial charge in [0.1, 0.15) is 11.6 Å². The van der Waals surface area contributed by atoms with Gasteiger partial charge in [-0.1, -0.05) is 25.1 Å². The SMILES string of the molecule is CCc1ccccc1NC(=O)C[NH+](C)CC(=O)Nc1ccc(F)cc1F. The molecule has 1 unspecified atom stereocenters. The number of benzene rings is 2. The van der Waals surface area contributed by atoms with Crippen molar-refractivity contribution in [2.45, 2.75) is 13.3 Å². The van der Waals surface area contributed by atoms with Gasteiger partial charge in [-0.25, -0.2) is 8.78 Å². The van der Waals surface area contributed by atoms with Gasteiger partial charge in [0.05, 0.1) is 12.7 Å². The van der Waals surface area contributed by atoms with Gasteiger partial charge < -0.3 is 15.5 Å². The monoisotopic (exact) mass is 362 g/mol. The van der Waals surface area contributed by atoms with Crippen molar-refractivity contribution >= 4 is 23.2 Å². The highest BCUT2D eigenvalue weighted by Gasteiger charge is 2.16. The van der Waals surface area contributed by atoms with Gasteiger partial charge in [-0.05, 0) is 30.2 Å². The van der Waals surface area contributed by atoms with Crippen LogP contribution in [0.2, 0.25) is 0 Å². The maximum atomic E-state index is 13.5. The first kappa shape index (κ1) is 19.5. The third-order valence-electron chi connectivity index (χ3n) is 3.80. The van der Waals surface area contributed by atoms with Crippen LogP contribution in [0, 0.1) is 11.6 Å². The van der Waals surface area contributed by atoms with E-state index in [0.717, 1.165) is 29.8 Å². The molecule has 2 aromatic carbocycles. The lowest BCUT2D eigenvalue weighted by molar-refractivity contribution is -0.862. The second kappa shape index (κ2) is 9.05. The number of halogens is 2. The predicted molar refractivity (Wildman–Crippen MR) is 96.1 cm³/mol. The van der Waals surface area contributed by atoms with Gasteiger partial charge in [0, 0.05) is 11.8 Å². The fourth-order valence-electron chi connectivity index (χ4n) is 2.54. The molecule has 0 aliphatic carbocycles. The van der Waals surface area contributed by atoms with Crippen LogP contribution in [0.25, 0.3) is 0 Å². The van der Waals surface area contributed by atoms with Crippen molar-refractivity contribution in [3.63, 3.8) is 0 Å². The first-order valence-corrected chi connectivity index (χ1v) is 8.33. The number of aryl methyl sites for hydroxylation is 1. The Morgan fingerprint density at radius 1 is 0.962 bits per heavy atom. The van der Waals surface area contributed by atoms with Crippen LogP contribution < -0.4 is 15.5 Å². The maximum absolute atomic E-state index is 13.5. The minimum absolute atomic E-state index is 0.0281. The summed E-state index contributed by atoms with van der Waals surface area (Å²) in [6.07, 6.45) is 0.796. The number of carbonyl (C=O) groups excluding carboxylic acids is 2. The Morgan fingerprint density at radius 2 is 1.58 bits per heavy atom. The standard InChI is InChI=1S/C19H21F2N3O2/c1-3-13-6-4-5-7-16(13)22-18(25)11-24(2)12-19(26)23-17-9-8-14(20)10-15(17)21/h4-10H,3,11-12H2,1-2H3,(H,22,25)(H,23,26)/p+1. The molecule has 0 aromatic heterocycles. The van der Waals surface area contributed by atoms with Crippen molar-refractivity contribution in [3.8, 4) is 0 Å². The molecular weight excluding hydrogens is 340 g/mol. The van der Waals surface area contributed by atoms with E-state index in [1.54, 1.807) is 7.05 Å². The van der Waals surface area contributed by atoms with Gasteiger partial charge in [0.25, 0.3) is 11.8 Å². The Labute approximate surface area is 151 Å². The predicted octanol–water partition coefficient (Wildman–Crippen LogP) is 1.62. The summed E-state index contributed by atoms with van der Waals surface area (Å²) in [7, 11) is 1.69. The Kier molecular flexibility index (Phi) is 6.80. The number of rotatable bonds is 7. The number of hydrogen-bond donors (Lipinski definition) is 3. The molecule has 0 fully saturated rings. The number of anilines is 2. The number of nitrogens with one attached hydrogen (secondary N) is 3. The maximum Gasteiger partial charge on any atom is 0.279 e. The van der Waals surface area contributed by atoms with Crippen LogP contribution in [0.5, 0.6) is 0 Å². The van der Waals surface area contributed by atoms with Crippen LogP contribution in [-0.4, -0.2) is 32.0 Å². The largest absolute Gasteiger partial charge is 0.322 e. The molecule has 138 valence electrons. The third kappa shape index (κ3) is 5.63. The van der Waals surface area contributed by atoms with Crippen LogP contribution in [-0.2, 0) is 16.0 Å². The van der Waals surface area contributed by atoms with E-state index in [0.29, 0.717) is 11.0 Å². The minimum Gasteiger partial charge on any atom is -0.322 e. The van der Waals surface area contributed by atoms with Gasteiger partial charge in [-0.15, -0.1) is 0 Å². The first-order valence-electron chi connectivity index (χ1n) is 8.33. The van der Waals surface area contributed by atoms with E-state index >= 15 is 0 Å². The number of quaternary nitrogens is 1. The molecule has 0 saturated carbocycles. The summed E-state index contributed by atoms with van der Waals surface area (Å²) < 4.78 is 26.4. The Bertz CT molecular complexity index is 796. The van der Waals surface area contributed by atoms with Gasteiger partial charge in [-0.3, -0.25) is 9.59 Å². The minimum atomic E-state index is -0.843. The second-order valence-corrected chi connectivity index (χ2v) is 6.04. The molecule has 26 heavy (non-hydrogen) atoms. The van der Waals surface area contributed by atoms with Crippen LogP contribution in [0.4, 0.5) is 20.2 Å². The summed E-state index contributed by atoms with van der Waals surface area (Å²) in [5, 5.41) is 5.21. The number of hydrogen-bond acceptors (Lipinski definition) is 2. The summed E-state index contributed by atoms with van der Waals surface area (Å²) in [6, 6.07) is 10.4. The Hall–Kier alpha value is -2.80. The van der Waals surface area contributed by atoms with Crippen LogP contribution >= 0.6 is 0 Å². The molecule has 2 rings (SSSR count). The quantitative estimate of drug-likeness (QED) is 0.701. The van der Waals surface area contributed by atoms with Crippen LogP contribution in [0.3, 0.4) is 0 Å². The molecule has 7 heteroatoms. The van der Waals surface area contributed by atoms with E-state index in [4.69, 9.17) is 0 Å². The summed E-state index contributed by atoms with van der Waals surface area (Å²) in [4.78, 5) is 24.8. The fourth-order valence-corrected chi connectivity index (χ4v) is 2.54. The van der Waals surface area contributed by atoms with E-state index in [1.165, 1.54) is 0 Å². The smallest absolute Gasteiger partial charge is 0.279 e. The number of para-hydroxylation sites is 1. The molecule has 0 saturated heterocycles. The third-order valence-corrected chi connectivity index (χ3v) is 3.80. The number of likely N-dealkylation sites (N-methyl/N-ethyl adjacent to an activating group) is 1. The zero-order valence-corrected chi connectivity index (χ0v) is 14.7. The molecular formula is C19H22F2N3O2+. The lowest BCUT2D eigenvalue weighted by Crippen LogP contribution is -3.11. The van der Waals surface area contributed by atoms with Gasteiger partial charge in [-0.2, -0.15) is 0 Å². The average Bonchev–Trinajstić information content (AvgIpc) is 2.57. The first-order chi connectivity index (χ1) is 12.4. The molecule has 0 aliphatic heterocycles. The molecule has 0 spiro atoms. The van der Waals surface area contributed by atoms with E-state index in [9.17, 15) is 18.4 Å². The lowest BCUT2D eigenvalue weighted by Gasteiger charge is -2.15. The molecule has 2 aromatic rings. The van der Waals surface area contributed by atoms with Crippen molar-refractivity contribution < 1.29 is 23.3 Å². The van der Waals surface area contributed by atoms with Crippen molar-refractivity contribution in [1.29, 1.82) is 0 Å². The molecule has 2 amide bonds. The highest BCUT2D eigenvalue weighted by atomic mass is 19.1. The van der Waals surface area contributed by atoms with Gasteiger partial charge in [0.2, 0.25) is 0 Å². The van der Waals surface area contributed by atoms with E-state index in [-0.39, 0.29) is 24.7 Å². The van der Waals surface area contributed by atoms with Crippen molar-refractivity contribution in [2.24, 2.45) is 0 Å². The molecule has 0 bridgehead atoms. The molecule has 0 heterocycles. The summed E-state index contributed by atoms with van der Waals surface area (Å²) in [5.74, 6) is -2.24. The Balaban J connectivity index is 1.86. The van der Waals surface area contributed by atoms with Gasteiger partial charge in [0.15, 0.2) is 13.1 Å². The van der Waals surface area contributed by atoms with Crippen molar-refractivity contribution in [3.05, 3.63) is 59.7 Å². The van der Waals surface area contributed by atoms with E-state index in [2.05, 4.69) is 10.6 Å². The highest BCUT2D eigenvalue weighted by molar-refractivity contribution is 5.93. The van der Waals surface area contributed by atoms with Gasteiger partial charge >= 0.3 is 0 Å². The zero-order chi connectivity index (χ0) is 19.1.